The lowest BCUT2D eigenvalue weighted by Crippen LogP contribution is -2.23. The van der Waals surface area contributed by atoms with Gasteiger partial charge in [0, 0.05) is 25.6 Å². The van der Waals surface area contributed by atoms with E-state index in [0.29, 0.717) is 16.6 Å². The van der Waals surface area contributed by atoms with Crippen molar-refractivity contribution in [3.05, 3.63) is 23.9 Å². The average molecular weight is 237 g/mol. The molecular formula is C11H15N3OS. The molecule has 3 N–H and O–H groups in total. The molecule has 86 valence electrons. The molecule has 1 aliphatic rings. The van der Waals surface area contributed by atoms with Crippen LogP contribution in [-0.2, 0) is 0 Å². The predicted octanol–water partition coefficient (Wildman–Crippen LogP) is 0.534. The summed E-state index contributed by atoms with van der Waals surface area (Å²) in [4.78, 5) is 6.88. The lowest BCUT2D eigenvalue weighted by Gasteiger charge is -2.17. The minimum absolute atomic E-state index is 0.242. The van der Waals surface area contributed by atoms with Crippen LogP contribution < -0.4 is 10.6 Å². The fourth-order valence-electron chi connectivity index (χ4n) is 1.93. The van der Waals surface area contributed by atoms with E-state index in [0.717, 1.165) is 25.3 Å². The molecule has 2 rings (SSSR count). The third-order valence-electron chi connectivity index (χ3n) is 2.85. The summed E-state index contributed by atoms with van der Waals surface area (Å²) >= 11 is 4.90. The number of hydrogen-bond donors (Lipinski definition) is 2. The van der Waals surface area contributed by atoms with Gasteiger partial charge in [-0.25, -0.2) is 4.98 Å². The Hall–Kier alpha value is -1.20. The third-order valence-corrected chi connectivity index (χ3v) is 3.06. The number of aromatic nitrogens is 1. The van der Waals surface area contributed by atoms with Crippen LogP contribution in [0.25, 0.3) is 0 Å². The Balaban J connectivity index is 2.15. The van der Waals surface area contributed by atoms with E-state index in [4.69, 9.17) is 23.1 Å². The Morgan fingerprint density at radius 1 is 1.62 bits per heavy atom. The summed E-state index contributed by atoms with van der Waals surface area (Å²) in [6, 6.07) is 5.66. The molecule has 0 spiro atoms. The number of aliphatic hydroxyl groups excluding tert-OH is 1. The van der Waals surface area contributed by atoms with Crippen molar-refractivity contribution in [2.75, 3.05) is 24.6 Å². The molecular weight excluding hydrogens is 222 g/mol. The summed E-state index contributed by atoms with van der Waals surface area (Å²) in [6.45, 7) is 2.02. The molecule has 1 saturated heterocycles. The minimum Gasteiger partial charge on any atom is -0.396 e. The molecule has 0 amide bonds. The Morgan fingerprint density at radius 2 is 2.44 bits per heavy atom. The van der Waals surface area contributed by atoms with Gasteiger partial charge in [-0.15, -0.1) is 0 Å². The van der Waals surface area contributed by atoms with E-state index in [2.05, 4.69) is 9.88 Å². The standard InChI is InChI=1S/C11H15N3OS/c12-11(16)9-2-1-3-10(13-9)14-5-4-8(6-14)7-15/h1-3,8,15H,4-7H2,(H2,12,16). The lowest BCUT2D eigenvalue weighted by atomic mass is 10.1. The van der Waals surface area contributed by atoms with Crippen molar-refractivity contribution in [3.8, 4) is 0 Å². The van der Waals surface area contributed by atoms with Crippen molar-refractivity contribution in [1.82, 2.24) is 4.98 Å². The monoisotopic (exact) mass is 237 g/mol. The van der Waals surface area contributed by atoms with Crippen LogP contribution in [0.1, 0.15) is 12.1 Å². The highest BCUT2D eigenvalue weighted by atomic mass is 32.1. The zero-order valence-corrected chi connectivity index (χ0v) is 9.78. The molecule has 1 atom stereocenters. The van der Waals surface area contributed by atoms with Crippen LogP contribution in [0.5, 0.6) is 0 Å². The van der Waals surface area contributed by atoms with Gasteiger partial charge < -0.3 is 15.7 Å². The normalized spacial score (nSPS) is 20.1. The summed E-state index contributed by atoms with van der Waals surface area (Å²) in [5.41, 5.74) is 6.20. The zero-order valence-electron chi connectivity index (χ0n) is 8.97. The van der Waals surface area contributed by atoms with E-state index < -0.39 is 0 Å². The van der Waals surface area contributed by atoms with Gasteiger partial charge >= 0.3 is 0 Å². The number of nitrogens with two attached hydrogens (primary N) is 1. The van der Waals surface area contributed by atoms with Crippen LogP contribution in [0.3, 0.4) is 0 Å². The van der Waals surface area contributed by atoms with Gasteiger partial charge in [-0.05, 0) is 18.6 Å². The highest BCUT2D eigenvalue weighted by molar-refractivity contribution is 7.80. The number of anilines is 1. The predicted molar refractivity (Wildman–Crippen MR) is 67.5 cm³/mol. The number of thiocarbonyl (C=S) groups is 1. The Bertz CT molecular complexity index is 397. The van der Waals surface area contributed by atoms with Gasteiger partial charge in [-0.2, -0.15) is 0 Å². The maximum Gasteiger partial charge on any atom is 0.129 e. The van der Waals surface area contributed by atoms with E-state index in [1.54, 1.807) is 0 Å². The first-order valence-corrected chi connectivity index (χ1v) is 5.74. The summed E-state index contributed by atoms with van der Waals surface area (Å²) in [6.07, 6.45) is 1.01. The molecule has 1 aromatic rings. The topological polar surface area (TPSA) is 62.4 Å². The van der Waals surface area contributed by atoms with Crippen molar-refractivity contribution in [1.29, 1.82) is 0 Å². The van der Waals surface area contributed by atoms with Crippen molar-refractivity contribution in [2.24, 2.45) is 11.7 Å². The van der Waals surface area contributed by atoms with Crippen LogP contribution in [0.15, 0.2) is 18.2 Å². The molecule has 0 aliphatic carbocycles. The molecule has 1 fully saturated rings. The number of nitrogens with zero attached hydrogens (tertiary/aromatic N) is 2. The van der Waals surface area contributed by atoms with Gasteiger partial charge in [0.1, 0.15) is 10.8 Å². The molecule has 1 unspecified atom stereocenters. The molecule has 0 radical (unpaired) electrons. The molecule has 2 heterocycles. The SMILES string of the molecule is NC(=S)c1cccc(N2CCC(CO)C2)n1. The van der Waals surface area contributed by atoms with Crippen LogP contribution >= 0.6 is 12.2 Å². The highest BCUT2D eigenvalue weighted by Gasteiger charge is 2.22. The van der Waals surface area contributed by atoms with E-state index in [9.17, 15) is 0 Å². The van der Waals surface area contributed by atoms with Gasteiger partial charge in [0.05, 0.1) is 5.69 Å². The van der Waals surface area contributed by atoms with E-state index >= 15 is 0 Å². The Morgan fingerprint density at radius 3 is 3.06 bits per heavy atom. The molecule has 0 saturated carbocycles. The van der Waals surface area contributed by atoms with Gasteiger partial charge in [-0.3, -0.25) is 0 Å². The first kappa shape index (κ1) is 11.3. The molecule has 1 aromatic heterocycles. The second-order valence-corrected chi connectivity index (χ2v) is 4.47. The first-order chi connectivity index (χ1) is 7.70. The molecule has 0 aromatic carbocycles. The number of hydrogen-bond acceptors (Lipinski definition) is 4. The molecule has 5 heteroatoms. The second kappa shape index (κ2) is 4.76. The van der Waals surface area contributed by atoms with Crippen molar-refractivity contribution < 1.29 is 5.11 Å². The minimum atomic E-state index is 0.242. The summed E-state index contributed by atoms with van der Waals surface area (Å²) in [5.74, 6) is 1.25. The van der Waals surface area contributed by atoms with Crippen LogP contribution in [0.4, 0.5) is 5.82 Å². The summed E-state index contributed by atoms with van der Waals surface area (Å²) in [5, 5.41) is 9.09. The van der Waals surface area contributed by atoms with Crippen LogP contribution in [0.2, 0.25) is 0 Å². The fraction of sp³-hybridized carbons (Fsp3) is 0.455. The van der Waals surface area contributed by atoms with E-state index in [1.165, 1.54) is 0 Å². The fourth-order valence-corrected chi connectivity index (χ4v) is 2.04. The van der Waals surface area contributed by atoms with Gasteiger partial charge in [0.15, 0.2) is 0 Å². The molecule has 0 bridgehead atoms. The summed E-state index contributed by atoms with van der Waals surface area (Å²) in [7, 11) is 0. The number of aliphatic hydroxyl groups is 1. The second-order valence-electron chi connectivity index (χ2n) is 4.03. The highest BCUT2D eigenvalue weighted by Crippen LogP contribution is 2.21. The largest absolute Gasteiger partial charge is 0.396 e. The van der Waals surface area contributed by atoms with E-state index in [1.807, 2.05) is 18.2 Å². The maximum atomic E-state index is 9.09. The molecule has 1 aliphatic heterocycles. The van der Waals surface area contributed by atoms with Gasteiger partial charge in [-0.1, -0.05) is 18.3 Å². The van der Waals surface area contributed by atoms with Gasteiger partial charge in [0.25, 0.3) is 0 Å². The smallest absolute Gasteiger partial charge is 0.129 e. The van der Waals surface area contributed by atoms with Crippen molar-refractivity contribution >= 4 is 23.0 Å². The molecule has 4 nitrogen and oxygen atoms in total. The Labute approximate surface area is 100 Å². The van der Waals surface area contributed by atoms with Crippen molar-refractivity contribution in [3.63, 3.8) is 0 Å². The number of rotatable bonds is 3. The van der Waals surface area contributed by atoms with Gasteiger partial charge in [0.2, 0.25) is 0 Å². The lowest BCUT2D eigenvalue weighted by molar-refractivity contribution is 0.238. The van der Waals surface area contributed by atoms with E-state index in [-0.39, 0.29) is 6.61 Å². The Kier molecular flexibility index (Phi) is 3.36. The first-order valence-electron chi connectivity index (χ1n) is 5.33. The zero-order chi connectivity index (χ0) is 11.5. The van der Waals surface area contributed by atoms with Crippen LogP contribution in [-0.4, -0.2) is 34.8 Å². The average Bonchev–Trinajstić information content (AvgIpc) is 2.77. The quantitative estimate of drug-likeness (QED) is 0.751. The maximum absolute atomic E-state index is 9.09. The molecule has 16 heavy (non-hydrogen) atoms. The van der Waals surface area contributed by atoms with Crippen molar-refractivity contribution in [2.45, 2.75) is 6.42 Å². The van der Waals surface area contributed by atoms with Crippen LogP contribution in [0, 0.1) is 5.92 Å². The summed E-state index contributed by atoms with van der Waals surface area (Å²) < 4.78 is 0. The number of pyridine rings is 1. The third kappa shape index (κ3) is 2.31.